The molecule has 0 aliphatic rings. The number of likely N-dealkylation sites (N-methyl/N-ethyl adjacent to an activating group) is 3. The molecule has 0 saturated carbocycles. The van der Waals surface area contributed by atoms with Gasteiger partial charge >= 0.3 is 0 Å². The van der Waals surface area contributed by atoms with Crippen molar-refractivity contribution in [3.8, 4) is 0 Å². The van der Waals surface area contributed by atoms with Gasteiger partial charge in [0.1, 0.15) is 5.82 Å². The average Bonchev–Trinajstić information content (AvgIpc) is 3.29. The lowest BCUT2D eigenvalue weighted by Crippen LogP contribution is -2.30. The van der Waals surface area contributed by atoms with Crippen LogP contribution in [-0.4, -0.2) is 129 Å². The van der Waals surface area contributed by atoms with E-state index in [1.807, 2.05) is 52.2 Å². The molecule has 0 aliphatic heterocycles. The Morgan fingerprint density at radius 2 is 0.680 bits per heavy atom. The summed E-state index contributed by atoms with van der Waals surface area (Å²) in [6.07, 6.45) is 0. The van der Waals surface area contributed by atoms with Gasteiger partial charge in [-0.2, -0.15) is 0 Å². The Kier molecular flexibility index (Phi) is 38.5. The molecule has 75 heavy (non-hydrogen) atoms. The fraction of sp³-hybridized carbons (Fsp3) is 0.400. The van der Waals surface area contributed by atoms with Gasteiger partial charge in [-0.05, 0) is 140 Å². The van der Waals surface area contributed by atoms with Crippen LogP contribution in [0.4, 0.5) is 55.6 Å². The summed E-state index contributed by atoms with van der Waals surface area (Å²) in [5, 5.41) is 45.3. The molecule has 5 aromatic rings. The Balaban J connectivity index is -0.000000996. The van der Waals surface area contributed by atoms with Gasteiger partial charge in [0.15, 0.2) is 0 Å². The second-order valence-electron chi connectivity index (χ2n) is 17.0. The minimum Gasteiger partial charge on any atom is -0.399 e. The standard InChI is InChI=1S/C19H25N5O4.C19H29N5.C7H6FNO2.C5H15N3.4ClH/c1-14-12-16(4-6-18(14)23(25)26)20-8-10-22(3)11-9-21-17-5-7-19(24(27)28)15(2)13-17;1-14-12-16(4-6-18(14)20)22-8-10-24(3)11-9-23-17-5-7-19(21)15(2)13-17;1-5-4-6(8)2-3-7(5)9(10)11;1-8(4-2-6)5-3-7;;;;/h4-7,12-13,20-21H,8-11H2,1-3H3;4-7,12-13,22-23H,8-11,20-21H2,1-3H3;2-4H,1H3;2-7H2,1H3;4*1H. The van der Waals surface area contributed by atoms with Gasteiger partial charge in [0.25, 0.3) is 17.1 Å². The zero-order chi connectivity index (χ0) is 53.0. The minimum atomic E-state index is -0.533. The fourth-order valence-corrected chi connectivity index (χ4v) is 6.68. The van der Waals surface area contributed by atoms with Crippen molar-refractivity contribution in [3.63, 3.8) is 0 Å². The molecule has 0 aliphatic carbocycles. The van der Waals surface area contributed by atoms with Crippen LogP contribution >= 0.6 is 49.6 Å². The zero-order valence-electron chi connectivity index (χ0n) is 44.1. The minimum absolute atomic E-state index is 0. The van der Waals surface area contributed by atoms with Crippen LogP contribution in [0, 0.1) is 70.8 Å². The molecule has 0 saturated heterocycles. The fourth-order valence-electron chi connectivity index (χ4n) is 6.68. The molecule has 0 heterocycles. The maximum Gasteiger partial charge on any atom is 0.272 e. The molecular weight excluding hydrogens is 1050 g/mol. The number of hydrogen-bond acceptors (Lipinski definition) is 17. The van der Waals surface area contributed by atoms with Crippen molar-refractivity contribution in [3.05, 3.63) is 155 Å². The summed E-state index contributed by atoms with van der Waals surface area (Å²) in [7, 11) is 6.15. The van der Waals surface area contributed by atoms with E-state index in [4.69, 9.17) is 22.9 Å². The summed E-state index contributed by atoms with van der Waals surface area (Å²) in [5.41, 5.74) is 31.9. The third-order valence-electron chi connectivity index (χ3n) is 11.0. The number of nitrogen functional groups attached to an aromatic ring is 2. The first kappa shape index (κ1) is 73.2. The number of nitrogens with one attached hydrogen (secondary N) is 4. The summed E-state index contributed by atoms with van der Waals surface area (Å²) < 4.78 is 12.4. The largest absolute Gasteiger partial charge is 0.399 e. The number of benzene rings is 5. The van der Waals surface area contributed by atoms with Crippen molar-refractivity contribution < 1.29 is 19.2 Å². The third-order valence-corrected chi connectivity index (χ3v) is 11.0. The van der Waals surface area contributed by atoms with Crippen molar-refractivity contribution in [2.45, 2.75) is 34.6 Å². The maximum absolute atomic E-state index is 12.4. The van der Waals surface area contributed by atoms with Crippen LogP contribution in [-0.2, 0) is 0 Å². The summed E-state index contributed by atoms with van der Waals surface area (Å²) in [5.74, 6) is -0.451. The van der Waals surface area contributed by atoms with E-state index < -0.39 is 10.7 Å². The van der Waals surface area contributed by atoms with E-state index in [-0.39, 0.29) is 76.5 Å². The van der Waals surface area contributed by atoms with Crippen LogP contribution in [0.25, 0.3) is 0 Å². The first-order valence-electron chi connectivity index (χ1n) is 23.2. The Bertz CT molecular complexity index is 2340. The van der Waals surface area contributed by atoms with Crippen molar-refractivity contribution in [2.24, 2.45) is 11.5 Å². The van der Waals surface area contributed by atoms with Crippen LogP contribution < -0.4 is 44.2 Å². The smallest absolute Gasteiger partial charge is 0.272 e. The molecule has 5 rings (SSSR count). The monoisotopic (exact) mass is 1130 g/mol. The molecule has 0 radical (unpaired) electrons. The topological polar surface area (TPSA) is 291 Å². The normalized spacial score (nSPS) is 10.0. The van der Waals surface area contributed by atoms with Gasteiger partial charge in [0.2, 0.25) is 0 Å². The number of aryl methyl sites for hydroxylation is 5. The molecule has 420 valence electrons. The Morgan fingerprint density at radius 1 is 0.427 bits per heavy atom. The van der Waals surface area contributed by atoms with Crippen molar-refractivity contribution >= 4 is 101 Å². The molecule has 0 atom stereocenters. The zero-order valence-corrected chi connectivity index (χ0v) is 47.4. The molecule has 0 spiro atoms. The second-order valence-corrected chi connectivity index (χ2v) is 17.0. The van der Waals surface area contributed by atoms with E-state index in [1.54, 1.807) is 38.1 Å². The van der Waals surface area contributed by atoms with Crippen molar-refractivity contribution in [2.75, 3.05) is 132 Å². The van der Waals surface area contributed by atoms with E-state index in [9.17, 15) is 34.7 Å². The number of nitro benzene ring substituents is 3. The number of hydrogen-bond donors (Lipinski definition) is 8. The first-order valence-corrected chi connectivity index (χ1v) is 23.2. The van der Waals surface area contributed by atoms with Crippen LogP contribution in [0.5, 0.6) is 0 Å². The highest BCUT2D eigenvalue weighted by Gasteiger charge is 2.12. The lowest BCUT2D eigenvalue weighted by molar-refractivity contribution is -0.385. The van der Waals surface area contributed by atoms with E-state index in [1.165, 1.54) is 19.1 Å². The summed E-state index contributed by atoms with van der Waals surface area (Å²) >= 11 is 0. The van der Waals surface area contributed by atoms with Crippen LogP contribution in [0.3, 0.4) is 0 Å². The predicted molar refractivity (Wildman–Crippen MR) is 318 cm³/mol. The van der Waals surface area contributed by atoms with Gasteiger partial charge in [-0.3, -0.25) is 30.3 Å². The quantitative estimate of drug-likeness (QED) is 0.0172. The number of nitrogens with two attached hydrogens (primary N) is 4. The SMILES string of the molecule is CN(CCN)CCN.Cc1cc(F)ccc1[N+](=O)[O-].Cc1cc(NCCN(C)CCNc2ccc(N)c(C)c2)ccc1N.Cc1cc(NCCN(C)CCNc2ccc([N+](=O)[O-])c(C)c2)ccc1[N+](=O)[O-].Cl.Cl.Cl.Cl. The van der Waals surface area contributed by atoms with Gasteiger partial charge in [0.05, 0.1) is 14.8 Å². The average molecular weight is 1130 g/mol. The summed E-state index contributed by atoms with van der Waals surface area (Å²) in [4.78, 5) is 37.2. The molecular formula is C50H79Cl4FN14O6. The Labute approximate surface area is 466 Å². The van der Waals surface area contributed by atoms with Crippen LogP contribution in [0.15, 0.2) is 91.0 Å². The van der Waals surface area contributed by atoms with Gasteiger partial charge < -0.3 is 58.9 Å². The lowest BCUT2D eigenvalue weighted by atomic mass is 10.2. The highest BCUT2D eigenvalue weighted by molar-refractivity contribution is 5.86. The second kappa shape index (κ2) is 39.4. The van der Waals surface area contributed by atoms with Gasteiger partial charge in [0, 0.05) is 148 Å². The molecule has 0 aromatic heterocycles. The predicted octanol–water partition coefficient (Wildman–Crippen LogP) is 9.06. The van der Waals surface area contributed by atoms with Gasteiger partial charge in [-0.1, -0.05) is 0 Å². The number of nitro groups is 3. The molecule has 0 bridgehead atoms. The summed E-state index contributed by atoms with van der Waals surface area (Å²) in [6.45, 7) is 19.1. The molecule has 25 heteroatoms. The number of anilines is 6. The number of nitrogens with zero attached hydrogens (tertiary/aromatic N) is 6. The highest BCUT2D eigenvalue weighted by atomic mass is 35.5. The van der Waals surface area contributed by atoms with E-state index >= 15 is 0 Å². The molecule has 0 amide bonds. The highest BCUT2D eigenvalue weighted by Crippen LogP contribution is 2.23. The number of rotatable bonds is 23. The van der Waals surface area contributed by atoms with Crippen molar-refractivity contribution in [1.82, 2.24) is 14.7 Å². The number of halogens is 5. The van der Waals surface area contributed by atoms with E-state index in [0.717, 1.165) is 129 Å². The first-order chi connectivity index (χ1) is 33.6. The molecule has 0 fully saturated rings. The maximum atomic E-state index is 12.4. The third kappa shape index (κ3) is 29.0. The van der Waals surface area contributed by atoms with E-state index in [0.29, 0.717) is 29.8 Å². The molecule has 12 N–H and O–H groups in total. The molecule has 0 unspecified atom stereocenters. The van der Waals surface area contributed by atoms with Gasteiger partial charge in [-0.15, -0.1) is 49.6 Å². The van der Waals surface area contributed by atoms with Crippen LogP contribution in [0.2, 0.25) is 0 Å². The van der Waals surface area contributed by atoms with Gasteiger partial charge in [-0.25, -0.2) is 4.39 Å². The lowest BCUT2D eigenvalue weighted by Gasteiger charge is -2.18. The Hall–Kier alpha value is -6.01. The molecule has 5 aromatic carbocycles. The van der Waals surface area contributed by atoms with E-state index in [2.05, 4.69) is 55.1 Å². The van der Waals surface area contributed by atoms with Crippen molar-refractivity contribution in [1.29, 1.82) is 0 Å². The molecule has 20 nitrogen and oxygen atoms in total. The Morgan fingerprint density at radius 3 is 0.933 bits per heavy atom. The summed E-state index contributed by atoms with van der Waals surface area (Å²) in [6, 6.07) is 25.5. The van der Waals surface area contributed by atoms with Crippen LogP contribution in [0.1, 0.15) is 27.8 Å².